The van der Waals surface area contributed by atoms with E-state index in [2.05, 4.69) is 44.2 Å². The second kappa shape index (κ2) is 5.96. The summed E-state index contributed by atoms with van der Waals surface area (Å²) in [5, 5.41) is 1.10. The van der Waals surface area contributed by atoms with Crippen LogP contribution >= 0.6 is 15.9 Å². The van der Waals surface area contributed by atoms with E-state index in [1.54, 1.807) is 0 Å². The molecule has 4 heteroatoms. The Kier molecular flexibility index (Phi) is 4.32. The molecule has 0 radical (unpaired) electrons. The molecule has 1 heterocycles. The van der Waals surface area contributed by atoms with Gasteiger partial charge in [-0.05, 0) is 35.0 Å². The molecule has 2 rings (SSSR count). The third-order valence-electron chi connectivity index (χ3n) is 2.72. The molecule has 18 heavy (non-hydrogen) atoms. The molecule has 1 aromatic heterocycles. The van der Waals surface area contributed by atoms with E-state index in [1.807, 2.05) is 31.2 Å². The molecule has 0 aliphatic carbocycles. The fourth-order valence-electron chi connectivity index (χ4n) is 1.79. The van der Waals surface area contributed by atoms with Crippen molar-refractivity contribution in [1.82, 2.24) is 10.4 Å². The number of para-hydroxylation sites is 1. The van der Waals surface area contributed by atoms with Crippen molar-refractivity contribution in [3.8, 4) is 11.8 Å². The van der Waals surface area contributed by atoms with Crippen molar-refractivity contribution in [3.05, 3.63) is 40.5 Å². The first-order valence-electron chi connectivity index (χ1n) is 5.67. The van der Waals surface area contributed by atoms with Crippen LogP contribution in [-0.2, 0) is 0 Å². The maximum absolute atomic E-state index is 5.58. The van der Waals surface area contributed by atoms with Crippen LogP contribution in [0.25, 0.3) is 10.9 Å². The van der Waals surface area contributed by atoms with E-state index in [0.29, 0.717) is 6.42 Å². The van der Waals surface area contributed by atoms with Gasteiger partial charge in [-0.1, -0.05) is 18.2 Å². The van der Waals surface area contributed by atoms with Crippen LogP contribution in [0.5, 0.6) is 0 Å². The van der Waals surface area contributed by atoms with Crippen LogP contribution in [0.1, 0.15) is 25.1 Å². The maximum Gasteiger partial charge on any atom is 0.0752 e. The van der Waals surface area contributed by atoms with Gasteiger partial charge in [-0.15, -0.1) is 11.8 Å². The number of fused-ring (bicyclic) bond motifs is 1. The van der Waals surface area contributed by atoms with Crippen molar-refractivity contribution < 1.29 is 0 Å². The third-order valence-corrected chi connectivity index (χ3v) is 3.35. The molecule has 0 aliphatic rings. The zero-order chi connectivity index (χ0) is 13.0. The lowest BCUT2D eigenvalue weighted by atomic mass is 10.1. The van der Waals surface area contributed by atoms with Gasteiger partial charge in [0.1, 0.15) is 0 Å². The number of nitrogens with zero attached hydrogens (tertiary/aromatic N) is 1. The highest BCUT2D eigenvalue weighted by molar-refractivity contribution is 9.10. The van der Waals surface area contributed by atoms with Gasteiger partial charge in [-0.25, -0.2) is 4.98 Å². The minimum absolute atomic E-state index is 0.0727. The second-order valence-corrected chi connectivity index (χ2v) is 4.75. The topological polar surface area (TPSA) is 50.9 Å². The van der Waals surface area contributed by atoms with Gasteiger partial charge in [0, 0.05) is 16.3 Å². The summed E-state index contributed by atoms with van der Waals surface area (Å²) in [6.45, 7) is 1.82. The van der Waals surface area contributed by atoms with Crippen LogP contribution in [-0.4, -0.2) is 4.98 Å². The molecule has 2 aromatic rings. The lowest BCUT2D eigenvalue weighted by Gasteiger charge is -2.15. The predicted molar refractivity (Wildman–Crippen MR) is 77.6 cm³/mol. The van der Waals surface area contributed by atoms with Crippen molar-refractivity contribution in [1.29, 1.82) is 0 Å². The first-order chi connectivity index (χ1) is 8.76. The largest absolute Gasteiger partial charge is 0.271 e. The van der Waals surface area contributed by atoms with Crippen LogP contribution in [0, 0.1) is 11.8 Å². The maximum atomic E-state index is 5.58. The predicted octanol–water partition coefficient (Wildman–Crippen LogP) is 2.92. The quantitative estimate of drug-likeness (QED) is 0.521. The summed E-state index contributed by atoms with van der Waals surface area (Å²) in [5.41, 5.74) is 4.61. The lowest BCUT2D eigenvalue weighted by molar-refractivity contribution is 0.553. The molecule has 0 bridgehead atoms. The van der Waals surface area contributed by atoms with Crippen LogP contribution in [0.15, 0.2) is 34.8 Å². The summed E-state index contributed by atoms with van der Waals surface area (Å²) in [7, 11) is 0. The Morgan fingerprint density at radius 1 is 1.44 bits per heavy atom. The number of nitrogens with one attached hydrogen (secondary N) is 1. The van der Waals surface area contributed by atoms with Gasteiger partial charge in [0.05, 0.1) is 17.3 Å². The Morgan fingerprint density at radius 3 is 2.94 bits per heavy atom. The number of pyridine rings is 1. The Bertz CT molecular complexity index is 613. The average molecular weight is 304 g/mol. The fraction of sp³-hybridized carbons (Fsp3) is 0.214. The standard InChI is InChI=1S/C14H14BrN3/c1-2-3-7-13(18-16)14-11(15)9-10-6-4-5-8-12(10)17-14/h4-6,8-9,13,18H,7,16H2,1H3. The number of hydrogen-bond donors (Lipinski definition) is 2. The molecule has 1 aromatic carbocycles. The number of benzene rings is 1. The first kappa shape index (κ1) is 13.0. The van der Waals surface area contributed by atoms with Crippen molar-refractivity contribution in [2.24, 2.45) is 5.84 Å². The summed E-state index contributed by atoms with van der Waals surface area (Å²) in [6, 6.07) is 9.98. The highest BCUT2D eigenvalue weighted by atomic mass is 79.9. The van der Waals surface area contributed by atoms with Crippen LogP contribution in [0.2, 0.25) is 0 Å². The molecule has 0 saturated carbocycles. The summed E-state index contributed by atoms with van der Waals surface area (Å²) in [5.74, 6) is 11.5. The van der Waals surface area contributed by atoms with Gasteiger partial charge in [0.2, 0.25) is 0 Å². The molecule has 0 saturated heterocycles. The number of aromatic nitrogens is 1. The van der Waals surface area contributed by atoms with Crippen molar-refractivity contribution in [3.63, 3.8) is 0 Å². The van der Waals surface area contributed by atoms with Gasteiger partial charge < -0.3 is 0 Å². The molecule has 1 atom stereocenters. The van der Waals surface area contributed by atoms with Crippen molar-refractivity contribution in [2.45, 2.75) is 19.4 Å². The lowest BCUT2D eigenvalue weighted by Crippen LogP contribution is -2.28. The molecule has 3 N–H and O–H groups in total. The molecule has 3 nitrogen and oxygen atoms in total. The van der Waals surface area contributed by atoms with Gasteiger partial charge in [0.15, 0.2) is 0 Å². The minimum atomic E-state index is -0.0727. The number of hydrogen-bond acceptors (Lipinski definition) is 3. The summed E-state index contributed by atoms with van der Waals surface area (Å²) in [6.07, 6.45) is 0.636. The van der Waals surface area contributed by atoms with E-state index in [1.165, 1.54) is 0 Å². The Hall–Kier alpha value is -1.41. The minimum Gasteiger partial charge on any atom is -0.271 e. The number of halogens is 1. The average Bonchev–Trinajstić information content (AvgIpc) is 2.40. The Labute approximate surface area is 115 Å². The SMILES string of the molecule is CC#CCC(NN)c1nc2ccccc2cc1Br. The Morgan fingerprint density at radius 2 is 2.22 bits per heavy atom. The number of hydrazine groups is 1. The van der Waals surface area contributed by atoms with Crippen molar-refractivity contribution in [2.75, 3.05) is 0 Å². The van der Waals surface area contributed by atoms with Gasteiger partial charge in [0.25, 0.3) is 0 Å². The van der Waals surface area contributed by atoms with Crippen LogP contribution in [0.4, 0.5) is 0 Å². The van der Waals surface area contributed by atoms with E-state index >= 15 is 0 Å². The van der Waals surface area contributed by atoms with Crippen LogP contribution in [0.3, 0.4) is 0 Å². The summed E-state index contributed by atoms with van der Waals surface area (Å²) < 4.78 is 0.946. The van der Waals surface area contributed by atoms with E-state index in [0.717, 1.165) is 21.1 Å². The molecule has 0 aliphatic heterocycles. The summed E-state index contributed by atoms with van der Waals surface area (Å²) >= 11 is 3.54. The van der Waals surface area contributed by atoms with E-state index in [9.17, 15) is 0 Å². The van der Waals surface area contributed by atoms with E-state index in [-0.39, 0.29) is 6.04 Å². The van der Waals surface area contributed by atoms with Crippen LogP contribution < -0.4 is 11.3 Å². The van der Waals surface area contributed by atoms with Gasteiger partial charge >= 0.3 is 0 Å². The molecule has 0 spiro atoms. The highest BCUT2D eigenvalue weighted by Crippen LogP contribution is 2.27. The molecular formula is C14H14BrN3. The zero-order valence-electron chi connectivity index (χ0n) is 10.1. The molecule has 0 fully saturated rings. The molecule has 0 amide bonds. The summed E-state index contributed by atoms with van der Waals surface area (Å²) in [4.78, 5) is 4.64. The monoisotopic (exact) mass is 303 g/mol. The van der Waals surface area contributed by atoms with Gasteiger partial charge in [-0.2, -0.15) is 0 Å². The smallest absolute Gasteiger partial charge is 0.0752 e. The first-order valence-corrected chi connectivity index (χ1v) is 6.46. The molecular weight excluding hydrogens is 290 g/mol. The van der Waals surface area contributed by atoms with Gasteiger partial charge in [-0.3, -0.25) is 11.3 Å². The van der Waals surface area contributed by atoms with E-state index in [4.69, 9.17) is 5.84 Å². The zero-order valence-corrected chi connectivity index (χ0v) is 11.7. The fourth-order valence-corrected chi connectivity index (χ4v) is 2.40. The second-order valence-electron chi connectivity index (χ2n) is 3.90. The molecule has 1 unspecified atom stereocenters. The molecule has 92 valence electrons. The van der Waals surface area contributed by atoms with Crippen molar-refractivity contribution >= 4 is 26.8 Å². The Balaban J connectivity index is 2.47. The van der Waals surface area contributed by atoms with E-state index < -0.39 is 0 Å². The third kappa shape index (κ3) is 2.70. The number of rotatable bonds is 3. The normalized spacial score (nSPS) is 11.9. The highest BCUT2D eigenvalue weighted by Gasteiger charge is 2.14. The number of nitrogens with two attached hydrogens (primary N) is 1.